The Labute approximate surface area is 193 Å². The molecule has 0 spiro atoms. The lowest BCUT2D eigenvalue weighted by Gasteiger charge is -2.30. The molecule has 1 amide bonds. The summed E-state index contributed by atoms with van der Waals surface area (Å²) in [4.78, 5) is 17.2. The molecule has 4 nitrogen and oxygen atoms in total. The fourth-order valence-corrected chi connectivity index (χ4v) is 3.68. The van der Waals surface area contributed by atoms with Crippen molar-refractivity contribution in [1.29, 1.82) is 0 Å². The van der Waals surface area contributed by atoms with E-state index in [0.717, 1.165) is 17.5 Å². The molecule has 0 aliphatic heterocycles. The van der Waals surface area contributed by atoms with Crippen molar-refractivity contribution in [1.82, 2.24) is 10.3 Å². The van der Waals surface area contributed by atoms with Gasteiger partial charge in [0.2, 0.25) is 5.88 Å². The van der Waals surface area contributed by atoms with E-state index in [1.807, 2.05) is 49.4 Å². The molecule has 31 heavy (non-hydrogen) atoms. The lowest BCUT2D eigenvalue weighted by molar-refractivity contribution is -0.135. The number of nitrogens with zero attached hydrogens (tertiary/aromatic N) is 1. The van der Waals surface area contributed by atoms with E-state index in [2.05, 4.69) is 22.4 Å². The minimum absolute atomic E-state index is 0.0754. The van der Waals surface area contributed by atoms with Crippen LogP contribution in [0.2, 0.25) is 10.2 Å². The summed E-state index contributed by atoms with van der Waals surface area (Å²) < 4.78 is 5.84. The van der Waals surface area contributed by atoms with Gasteiger partial charge >= 0.3 is 0 Å². The van der Waals surface area contributed by atoms with Crippen LogP contribution in [0.15, 0.2) is 72.8 Å². The molecule has 0 radical (unpaired) electrons. The average Bonchev–Trinajstić information content (AvgIpc) is 2.73. The van der Waals surface area contributed by atoms with Crippen LogP contribution in [0.1, 0.15) is 37.8 Å². The van der Waals surface area contributed by atoms with Gasteiger partial charge in [0.05, 0.1) is 0 Å². The summed E-state index contributed by atoms with van der Waals surface area (Å²) in [5, 5.41) is 4.15. The van der Waals surface area contributed by atoms with Crippen molar-refractivity contribution in [2.24, 2.45) is 0 Å². The SMILES string of the molecule is CC(NC(=O)C(C)(C)Oc1cccc(Cl)n1)C(Cc1ccc(Cl)cc1)c1ccccc1. The van der Waals surface area contributed by atoms with Gasteiger partial charge in [-0.15, -0.1) is 0 Å². The van der Waals surface area contributed by atoms with Crippen LogP contribution in [-0.4, -0.2) is 22.5 Å². The summed E-state index contributed by atoms with van der Waals surface area (Å²) in [6, 6.07) is 22.9. The second-order valence-electron chi connectivity index (χ2n) is 8.02. The van der Waals surface area contributed by atoms with Crippen molar-refractivity contribution < 1.29 is 9.53 Å². The van der Waals surface area contributed by atoms with Crippen molar-refractivity contribution in [3.8, 4) is 5.88 Å². The highest BCUT2D eigenvalue weighted by molar-refractivity contribution is 6.30. The molecule has 1 aromatic heterocycles. The van der Waals surface area contributed by atoms with Crippen molar-refractivity contribution in [3.05, 3.63) is 94.1 Å². The van der Waals surface area contributed by atoms with Gasteiger partial charge in [-0.1, -0.05) is 71.7 Å². The molecule has 2 aromatic carbocycles. The Morgan fingerprint density at radius 1 is 1.00 bits per heavy atom. The molecule has 162 valence electrons. The van der Waals surface area contributed by atoms with E-state index in [1.54, 1.807) is 32.0 Å². The fraction of sp³-hybridized carbons (Fsp3) is 0.280. The van der Waals surface area contributed by atoms with Gasteiger partial charge in [0.1, 0.15) is 5.15 Å². The largest absolute Gasteiger partial charge is 0.461 e. The molecule has 0 fully saturated rings. The monoisotopic (exact) mass is 456 g/mol. The topological polar surface area (TPSA) is 51.2 Å². The number of pyridine rings is 1. The van der Waals surface area contributed by atoms with Crippen LogP contribution < -0.4 is 10.1 Å². The molecule has 1 N–H and O–H groups in total. The molecular weight excluding hydrogens is 431 g/mol. The van der Waals surface area contributed by atoms with Gasteiger partial charge in [0.15, 0.2) is 5.60 Å². The van der Waals surface area contributed by atoms with Crippen LogP contribution in [0.3, 0.4) is 0 Å². The Morgan fingerprint density at radius 3 is 2.32 bits per heavy atom. The molecule has 6 heteroatoms. The molecule has 0 aliphatic rings. The van der Waals surface area contributed by atoms with Crippen LogP contribution in [0.25, 0.3) is 0 Å². The molecule has 0 saturated carbocycles. The van der Waals surface area contributed by atoms with E-state index in [-0.39, 0.29) is 17.9 Å². The van der Waals surface area contributed by atoms with Crippen molar-refractivity contribution in [2.75, 3.05) is 0 Å². The van der Waals surface area contributed by atoms with Gasteiger partial charge in [0, 0.05) is 23.0 Å². The fourth-order valence-electron chi connectivity index (χ4n) is 3.39. The number of nitrogens with one attached hydrogen (secondary N) is 1. The number of carbonyl (C=O) groups is 1. The number of halogens is 2. The lowest BCUT2D eigenvalue weighted by Crippen LogP contribution is -2.51. The van der Waals surface area contributed by atoms with Crippen LogP contribution in [0.5, 0.6) is 5.88 Å². The van der Waals surface area contributed by atoms with Crippen LogP contribution in [0.4, 0.5) is 0 Å². The quantitative estimate of drug-likeness (QED) is 0.418. The molecule has 2 atom stereocenters. The molecule has 0 aliphatic carbocycles. The molecular formula is C25H26Cl2N2O2. The maximum atomic E-state index is 13.1. The van der Waals surface area contributed by atoms with Gasteiger partial charge < -0.3 is 10.1 Å². The van der Waals surface area contributed by atoms with Crippen molar-refractivity contribution in [3.63, 3.8) is 0 Å². The minimum Gasteiger partial charge on any atom is -0.461 e. The van der Waals surface area contributed by atoms with E-state index < -0.39 is 5.60 Å². The van der Waals surface area contributed by atoms with Gasteiger partial charge in [-0.25, -0.2) is 4.98 Å². The second-order valence-corrected chi connectivity index (χ2v) is 8.84. The zero-order chi connectivity index (χ0) is 22.4. The standard InChI is InChI=1S/C25H26Cl2N2O2/c1-17(28-24(30)25(2,3)31-23-11-7-10-22(27)29-23)21(19-8-5-4-6-9-19)16-18-12-14-20(26)15-13-18/h4-15,17,21H,16H2,1-3H3,(H,28,30). The maximum absolute atomic E-state index is 13.1. The number of amides is 1. The lowest BCUT2D eigenvalue weighted by atomic mass is 9.86. The molecule has 0 saturated heterocycles. The number of hydrogen-bond acceptors (Lipinski definition) is 3. The third-order valence-corrected chi connectivity index (χ3v) is 5.62. The summed E-state index contributed by atoms with van der Waals surface area (Å²) in [6.45, 7) is 5.45. The highest BCUT2D eigenvalue weighted by Crippen LogP contribution is 2.26. The van der Waals surface area contributed by atoms with E-state index >= 15 is 0 Å². The Kier molecular flexibility index (Phi) is 7.58. The number of hydrogen-bond donors (Lipinski definition) is 1. The first-order chi connectivity index (χ1) is 14.7. The Bertz CT molecular complexity index is 1010. The third-order valence-electron chi connectivity index (χ3n) is 5.16. The number of rotatable bonds is 8. The van der Waals surface area contributed by atoms with E-state index in [0.29, 0.717) is 16.1 Å². The summed E-state index contributed by atoms with van der Waals surface area (Å²) in [5.74, 6) is 0.159. The summed E-state index contributed by atoms with van der Waals surface area (Å²) in [5.41, 5.74) is 1.19. The van der Waals surface area contributed by atoms with Crippen LogP contribution in [0, 0.1) is 0 Å². The molecule has 3 aromatic rings. The maximum Gasteiger partial charge on any atom is 0.263 e. The number of ether oxygens (including phenoxy) is 1. The summed E-state index contributed by atoms with van der Waals surface area (Å²) in [6.07, 6.45) is 0.764. The highest BCUT2D eigenvalue weighted by Gasteiger charge is 2.33. The Balaban J connectivity index is 1.76. The van der Waals surface area contributed by atoms with E-state index in [4.69, 9.17) is 27.9 Å². The minimum atomic E-state index is -1.12. The molecule has 2 unspecified atom stereocenters. The van der Waals surface area contributed by atoms with Gasteiger partial charge in [-0.05, 0) is 56.5 Å². The third kappa shape index (κ3) is 6.46. The van der Waals surface area contributed by atoms with Gasteiger partial charge in [-0.2, -0.15) is 0 Å². The smallest absolute Gasteiger partial charge is 0.263 e. The predicted molar refractivity (Wildman–Crippen MR) is 126 cm³/mol. The molecule has 0 bridgehead atoms. The summed E-state index contributed by atoms with van der Waals surface area (Å²) in [7, 11) is 0. The second kappa shape index (κ2) is 10.2. The van der Waals surface area contributed by atoms with Crippen molar-refractivity contribution in [2.45, 2.75) is 44.8 Å². The van der Waals surface area contributed by atoms with Gasteiger partial charge in [-0.3, -0.25) is 4.79 Å². The summed E-state index contributed by atoms with van der Waals surface area (Å²) >= 11 is 12.0. The zero-order valence-corrected chi connectivity index (χ0v) is 19.3. The zero-order valence-electron chi connectivity index (χ0n) is 17.8. The first kappa shape index (κ1) is 23.1. The van der Waals surface area contributed by atoms with Crippen LogP contribution >= 0.6 is 23.2 Å². The number of benzene rings is 2. The van der Waals surface area contributed by atoms with E-state index in [1.165, 1.54) is 0 Å². The highest BCUT2D eigenvalue weighted by atomic mass is 35.5. The molecule has 1 heterocycles. The molecule has 3 rings (SSSR count). The normalized spacial score (nSPS) is 13.3. The van der Waals surface area contributed by atoms with Crippen molar-refractivity contribution >= 4 is 29.1 Å². The average molecular weight is 457 g/mol. The first-order valence-electron chi connectivity index (χ1n) is 10.2. The van der Waals surface area contributed by atoms with E-state index in [9.17, 15) is 4.79 Å². The predicted octanol–water partition coefficient (Wildman–Crippen LogP) is 6.08. The number of aromatic nitrogens is 1. The van der Waals surface area contributed by atoms with Gasteiger partial charge in [0.25, 0.3) is 5.91 Å². The Morgan fingerprint density at radius 2 is 1.68 bits per heavy atom. The van der Waals surface area contributed by atoms with Crippen LogP contribution in [-0.2, 0) is 11.2 Å². The first-order valence-corrected chi connectivity index (χ1v) is 10.9. The Hall–Kier alpha value is -2.56. The number of carbonyl (C=O) groups excluding carboxylic acids is 1.